The molecule has 0 aromatic rings. The predicted octanol–water partition coefficient (Wildman–Crippen LogP) is 0.156. The summed E-state index contributed by atoms with van der Waals surface area (Å²) in [4.78, 5) is 46.2. The van der Waals surface area contributed by atoms with Gasteiger partial charge >= 0.3 is 11.4 Å². The van der Waals surface area contributed by atoms with Crippen LogP contribution in [0, 0.1) is 56.0 Å². The van der Waals surface area contributed by atoms with Crippen molar-refractivity contribution < 1.29 is 24.6 Å². The molecule has 0 aliphatic heterocycles. The molecule has 0 saturated heterocycles. The van der Waals surface area contributed by atoms with Gasteiger partial charge in [-0.1, -0.05) is 0 Å². The second kappa shape index (κ2) is 5.41. The van der Waals surface area contributed by atoms with Crippen molar-refractivity contribution in [2.75, 3.05) is 0 Å². The number of nitrogens with zero attached hydrogens (tertiary/aromatic N) is 5. The number of hydrogen-bond acceptors (Lipinski definition) is 10. The van der Waals surface area contributed by atoms with Crippen molar-refractivity contribution in [1.29, 1.82) is 0 Å². The molecule has 0 aromatic heterocycles. The first kappa shape index (κ1) is 19.0. The minimum Gasteiger partial charge on any atom is -0.258 e. The molecular formula is C7H11N5O10. The van der Waals surface area contributed by atoms with Gasteiger partial charge in [-0.15, -0.1) is 0 Å². The highest BCUT2D eigenvalue weighted by Gasteiger charge is 2.83. The van der Waals surface area contributed by atoms with Crippen molar-refractivity contribution in [1.82, 2.24) is 0 Å². The Morgan fingerprint density at radius 1 is 0.636 bits per heavy atom. The summed E-state index contributed by atoms with van der Waals surface area (Å²) in [5.41, 5.74) is -5.73. The average molecular weight is 325 g/mol. The maximum atomic E-state index is 11.0. The summed E-state index contributed by atoms with van der Waals surface area (Å²) in [6, 6.07) is 0. The summed E-state index contributed by atoms with van der Waals surface area (Å²) in [7, 11) is 0. The van der Waals surface area contributed by atoms with Gasteiger partial charge in [0.1, 0.15) is 6.42 Å². The SMILES string of the molecule is CC(CC(C)(C)C([N+](=O)[O-])([N+](=O)[O-])[N+](=O)[O-])([N+](=O)[O-])[N+](=O)[O-]. The molecule has 0 aromatic carbocycles. The highest BCUT2D eigenvalue weighted by molar-refractivity contribution is 4.83. The Balaban J connectivity index is 6.33. The molecule has 0 heterocycles. The van der Waals surface area contributed by atoms with Crippen LogP contribution in [0.15, 0.2) is 0 Å². The van der Waals surface area contributed by atoms with Crippen molar-refractivity contribution >= 4 is 0 Å². The van der Waals surface area contributed by atoms with Crippen LogP contribution >= 0.6 is 0 Å². The van der Waals surface area contributed by atoms with E-state index in [1.807, 2.05) is 0 Å². The van der Waals surface area contributed by atoms with Gasteiger partial charge in [-0.05, 0) is 13.8 Å². The molecule has 0 N–H and O–H groups in total. The lowest BCUT2D eigenvalue weighted by atomic mass is 9.77. The lowest BCUT2D eigenvalue weighted by molar-refractivity contribution is -0.988. The van der Waals surface area contributed by atoms with Crippen LogP contribution in [0.5, 0.6) is 0 Å². The van der Waals surface area contributed by atoms with E-state index in [0.29, 0.717) is 20.8 Å². The van der Waals surface area contributed by atoms with Gasteiger partial charge in [0, 0.05) is 0 Å². The second-order valence-corrected chi connectivity index (χ2v) is 5.20. The van der Waals surface area contributed by atoms with Crippen LogP contribution in [-0.4, -0.2) is 36.1 Å². The van der Waals surface area contributed by atoms with Gasteiger partial charge in [-0.3, -0.25) is 50.6 Å². The predicted molar refractivity (Wildman–Crippen MR) is 64.5 cm³/mol. The minimum atomic E-state index is -4.07. The van der Waals surface area contributed by atoms with Crippen LogP contribution in [0.25, 0.3) is 0 Å². The van der Waals surface area contributed by atoms with Gasteiger partial charge in [-0.2, -0.15) is 0 Å². The highest BCUT2D eigenvalue weighted by Crippen LogP contribution is 2.42. The first-order valence-electron chi connectivity index (χ1n) is 5.40. The molecule has 0 rings (SSSR count). The third-order valence-corrected chi connectivity index (χ3v) is 3.24. The van der Waals surface area contributed by atoms with Crippen molar-refractivity contribution in [3.05, 3.63) is 50.6 Å². The number of hydrogen-bond donors (Lipinski definition) is 0. The maximum Gasteiger partial charge on any atom is 0.705 e. The van der Waals surface area contributed by atoms with E-state index < -0.39 is 47.9 Å². The molecule has 0 unspecified atom stereocenters. The van der Waals surface area contributed by atoms with Crippen LogP contribution in [0.2, 0.25) is 0 Å². The summed E-state index contributed by atoms with van der Waals surface area (Å²) in [6.45, 7) is 1.69. The Kier molecular flexibility index (Phi) is 4.67. The molecule has 0 amide bonds. The molecule has 0 aliphatic rings. The minimum absolute atomic E-state index is 0.458. The molecule has 15 nitrogen and oxygen atoms in total. The van der Waals surface area contributed by atoms with Crippen LogP contribution < -0.4 is 0 Å². The molecule has 0 spiro atoms. The number of rotatable bonds is 8. The summed E-state index contributed by atoms with van der Waals surface area (Å²) >= 11 is 0. The largest absolute Gasteiger partial charge is 0.705 e. The number of nitro groups is 5. The molecule has 124 valence electrons. The molecule has 0 radical (unpaired) electrons. The smallest absolute Gasteiger partial charge is 0.258 e. The van der Waals surface area contributed by atoms with Crippen molar-refractivity contribution in [3.8, 4) is 0 Å². The molecule has 0 fully saturated rings. The van der Waals surface area contributed by atoms with Gasteiger partial charge in [0.25, 0.3) is 0 Å². The lowest BCUT2D eigenvalue weighted by Crippen LogP contribution is -2.65. The van der Waals surface area contributed by atoms with E-state index in [4.69, 9.17) is 0 Å². The monoisotopic (exact) mass is 325 g/mol. The van der Waals surface area contributed by atoms with Crippen molar-refractivity contribution in [2.24, 2.45) is 5.41 Å². The van der Waals surface area contributed by atoms with E-state index >= 15 is 0 Å². The average Bonchev–Trinajstić information content (AvgIpc) is 2.25. The summed E-state index contributed by atoms with van der Waals surface area (Å²) in [5.74, 6) is -4.07. The zero-order chi connectivity index (χ0) is 18.1. The Hall–Kier alpha value is -3.00. The van der Waals surface area contributed by atoms with Gasteiger partial charge in [0.05, 0.1) is 16.8 Å². The normalized spacial score (nSPS) is 12.5. The molecule has 22 heavy (non-hydrogen) atoms. The molecule has 0 atom stereocenters. The topological polar surface area (TPSA) is 216 Å². The van der Waals surface area contributed by atoms with Gasteiger partial charge < -0.3 is 0 Å². The summed E-state index contributed by atoms with van der Waals surface area (Å²) in [5, 5.41) is 54.5. The quantitative estimate of drug-likeness (QED) is 0.334. The first-order valence-corrected chi connectivity index (χ1v) is 5.40. The first-order chi connectivity index (χ1) is 9.67. The summed E-state index contributed by atoms with van der Waals surface area (Å²) in [6.07, 6.45) is -1.41. The molecule has 0 aliphatic carbocycles. The Labute approximate surface area is 120 Å². The standard InChI is InChI=1S/C7H11N5O10/c1-5(2,4-6(3,8(13)14)9(15)16)7(10(17)18,11(19)20)12(21)22/h4H2,1-3H3. The van der Waals surface area contributed by atoms with Crippen molar-refractivity contribution in [3.63, 3.8) is 0 Å². The molecular weight excluding hydrogens is 314 g/mol. The fourth-order valence-corrected chi connectivity index (χ4v) is 2.09. The van der Waals surface area contributed by atoms with E-state index in [2.05, 4.69) is 0 Å². The van der Waals surface area contributed by atoms with Gasteiger partial charge in [0.15, 0.2) is 20.2 Å². The third kappa shape index (κ3) is 2.47. The Morgan fingerprint density at radius 2 is 0.909 bits per heavy atom. The van der Waals surface area contributed by atoms with Gasteiger partial charge in [-0.25, -0.2) is 0 Å². The highest BCUT2D eigenvalue weighted by atomic mass is 16.7. The van der Waals surface area contributed by atoms with Gasteiger partial charge in [0.2, 0.25) is 0 Å². The zero-order valence-electron chi connectivity index (χ0n) is 11.5. The van der Waals surface area contributed by atoms with E-state index in [1.54, 1.807) is 0 Å². The van der Waals surface area contributed by atoms with E-state index in [9.17, 15) is 50.6 Å². The Bertz CT molecular complexity index is 506. The maximum absolute atomic E-state index is 11.0. The van der Waals surface area contributed by atoms with Crippen molar-refractivity contribution in [2.45, 2.75) is 38.6 Å². The molecule has 0 bridgehead atoms. The second-order valence-electron chi connectivity index (χ2n) is 5.20. The van der Waals surface area contributed by atoms with E-state index in [0.717, 1.165) is 0 Å². The van der Waals surface area contributed by atoms with Crippen LogP contribution in [0.1, 0.15) is 27.2 Å². The Morgan fingerprint density at radius 3 is 1.09 bits per heavy atom. The molecule has 0 saturated carbocycles. The van der Waals surface area contributed by atoms with E-state index in [-0.39, 0.29) is 0 Å². The molecule has 15 heteroatoms. The third-order valence-electron chi connectivity index (χ3n) is 3.24. The zero-order valence-corrected chi connectivity index (χ0v) is 11.5. The lowest BCUT2D eigenvalue weighted by Gasteiger charge is -2.26. The summed E-state index contributed by atoms with van der Waals surface area (Å²) < 4.78 is 0. The van der Waals surface area contributed by atoms with Crippen LogP contribution in [0.4, 0.5) is 0 Å². The fraction of sp³-hybridized carbons (Fsp3) is 1.00. The van der Waals surface area contributed by atoms with Crippen LogP contribution in [-0.2, 0) is 0 Å². The van der Waals surface area contributed by atoms with Crippen LogP contribution in [0.3, 0.4) is 0 Å². The fourth-order valence-electron chi connectivity index (χ4n) is 2.09. The van der Waals surface area contributed by atoms with E-state index in [1.165, 1.54) is 0 Å².